The molecule has 106 valence electrons. The minimum atomic E-state index is 0.466. The van der Waals surface area contributed by atoms with Crippen molar-refractivity contribution in [3.8, 4) is 0 Å². The molecule has 1 aliphatic heterocycles. The van der Waals surface area contributed by atoms with Gasteiger partial charge in [-0.05, 0) is 48.6 Å². The fourth-order valence-electron chi connectivity index (χ4n) is 4.03. The number of nitrogens with one attached hydrogen (secondary N) is 2. The third-order valence-corrected chi connectivity index (χ3v) is 6.15. The molecule has 2 N–H and O–H groups in total. The van der Waals surface area contributed by atoms with Crippen LogP contribution in [0.4, 0.5) is 0 Å². The maximum absolute atomic E-state index is 3.90. The second kappa shape index (κ2) is 4.79. The molecule has 0 aromatic rings. The summed E-state index contributed by atoms with van der Waals surface area (Å²) in [6.45, 7) is 15.6. The zero-order chi connectivity index (χ0) is 13.4. The second-order valence-electron chi connectivity index (χ2n) is 7.76. The largest absolute Gasteiger partial charge is 0.317 e. The lowest BCUT2D eigenvalue weighted by Crippen LogP contribution is -2.44. The summed E-state index contributed by atoms with van der Waals surface area (Å²) in [7, 11) is 0. The highest BCUT2D eigenvalue weighted by atomic mass is 15.1. The van der Waals surface area contributed by atoms with E-state index in [0.29, 0.717) is 22.3 Å². The lowest BCUT2D eigenvalue weighted by Gasteiger charge is -2.38. The molecule has 0 amide bonds. The molecule has 0 bridgehead atoms. The predicted molar refractivity (Wildman–Crippen MR) is 78.8 cm³/mol. The predicted octanol–water partition coefficient (Wildman–Crippen LogP) is 3.18. The summed E-state index contributed by atoms with van der Waals surface area (Å²) in [4.78, 5) is 0. The quantitative estimate of drug-likeness (QED) is 0.785. The zero-order valence-corrected chi connectivity index (χ0v) is 13.0. The van der Waals surface area contributed by atoms with Crippen LogP contribution < -0.4 is 10.6 Å². The van der Waals surface area contributed by atoms with Crippen LogP contribution in [0.5, 0.6) is 0 Å². The molecule has 0 unspecified atom stereocenters. The fraction of sp³-hybridized carbons (Fsp3) is 1.00. The molecule has 1 saturated carbocycles. The molecule has 2 nitrogen and oxygen atoms in total. The topological polar surface area (TPSA) is 24.1 Å². The molecule has 2 fully saturated rings. The highest BCUT2D eigenvalue weighted by Gasteiger charge is 2.64. The van der Waals surface area contributed by atoms with Crippen LogP contribution in [0.3, 0.4) is 0 Å². The van der Waals surface area contributed by atoms with Crippen LogP contribution in [-0.4, -0.2) is 25.7 Å². The average molecular weight is 252 g/mol. The first-order valence-corrected chi connectivity index (χ1v) is 7.80. The third-order valence-electron chi connectivity index (χ3n) is 6.15. The van der Waals surface area contributed by atoms with E-state index >= 15 is 0 Å². The van der Waals surface area contributed by atoms with Crippen LogP contribution in [0.1, 0.15) is 60.3 Å². The van der Waals surface area contributed by atoms with Gasteiger partial charge >= 0.3 is 0 Å². The first kappa shape index (κ1) is 14.3. The summed E-state index contributed by atoms with van der Waals surface area (Å²) in [5, 5.41) is 7.41. The van der Waals surface area contributed by atoms with Crippen molar-refractivity contribution in [2.45, 2.75) is 66.3 Å². The first-order chi connectivity index (χ1) is 8.36. The van der Waals surface area contributed by atoms with Gasteiger partial charge in [0.25, 0.3) is 0 Å². The van der Waals surface area contributed by atoms with Crippen molar-refractivity contribution in [3.63, 3.8) is 0 Å². The van der Waals surface area contributed by atoms with Crippen LogP contribution in [0.15, 0.2) is 0 Å². The van der Waals surface area contributed by atoms with Gasteiger partial charge in [0.05, 0.1) is 0 Å². The summed E-state index contributed by atoms with van der Waals surface area (Å²) in [5.41, 5.74) is 1.50. The summed E-state index contributed by atoms with van der Waals surface area (Å²) in [5.74, 6) is 0. The molecule has 2 heteroatoms. The summed E-state index contributed by atoms with van der Waals surface area (Å²) >= 11 is 0. The van der Waals surface area contributed by atoms with Crippen LogP contribution in [-0.2, 0) is 0 Å². The number of rotatable bonds is 5. The van der Waals surface area contributed by atoms with Crippen molar-refractivity contribution in [2.24, 2.45) is 16.2 Å². The summed E-state index contributed by atoms with van der Waals surface area (Å²) in [6.07, 6.45) is 5.40. The maximum Gasteiger partial charge on any atom is 0.0181 e. The van der Waals surface area contributed by atoms with Gasteiger partial charge in [0.15, 0.2) is 0 Å². The van der Waals surface area contributed by atoms with Crippen molar-refractivity contribution in [2.75, 3.05) is 19.6 Å². The van der Waals surface area contributed by atoms with Gasteiger partial charge < -0.3 is 10.6 Å². The lowest BCUT2D eigenvalue weighted by molar-refractivity contribution is 0.172. The molecular weight excluding hydrogens is 220 g/mol. The Morgan fingerprint density at radius 1 is 1.06 bits per heavy atom. The fourth-order valence-corrected chi connectivity index (χ4v) is 4.03. The van der Waals surface area contributed by atoms with Crippen molar-refractivity contribution in [1.29, 1.82) is 0 Å². The minimum Gasteiger partial charge on any atom is -0.317 e. The number of hydrogen-bond acceptors (Lipinski definition) is 2. The molecule has 0 aromatic heterocycles. The minimum absolute atomic E-state index is 0.466. The molecule has 18 heavy (non-hydrogen) atoms. The van der Waals surface area contributed by atoms with Gasteiger partial charge in [0.2, 0.25) is 0 Å². The molecule has 0 aromatic carbocycles. The van der Waals surface area contributed by atoms with Crippen molar-refractivity contribution < 1.29 is 0 Å². The van der Waals surface area contributed by atoms with E-state index < -0.39 is 0 Å². The van der Waals surface area contributed by atoms with Gasteiger partial charge in [-0.3, -0.25) is 0 Å². The summed E-state index contributed by atoms with van der Waals surface area (Å²) < 4.78 is 0. The summed E-state index contributed by atoms with van der Waals surface area (Å²) in [6, 6.07) is 0.702. The Kier molecular flexibility index (Phi) is 3.81. The Hall–Kier alpha value is -0.0800. The molecule has 2 aliphatic rings. The Bertz CT molecular complexity index is 268. The van der Waals surface area contributed by atoms with E-state index in [1.807, 2.05) is 0 Å². The van der Waals surface area contributed by atoms with E-state index in [0.717, 1.165) is 0 Å². The van der Waals surface area contributed by atoms with Gasteiger partial charge in [-0.2, -0.15) is 0 Å². The Balaban J connectivity index is 1.91. The van der Waals surface area contributed by atoms with E-state index in [-0.39, 0.29) is 0 Å². The van der Waals surface area contributed by atoms with Crippen LogP contribution in [0, 0.1) is 16.2 Å². The highest BCUT2D eigenvalue weighted by Crippen LogP contribution is 2.62. The van der Waals surface area contributed by atoms with E-state index in [9.17, 15) is 0 Å². The van der Waals surface area contributed by atoms with Crippen molar-refractivity contribution in [3.05, 3.63) is 0 Å². The van der Waals surface area contributed by atoms with Gasteiger partial charge in [-0.1, -0.05) is 41.0 Å². The number of hydrogen-bond donors (Lipinski definition) is 2. The second-order valence-corrected chi connectivity index (χ2v) is 7.76. The molecule has 0 radical (unpaired) electrons. The van der Waals surface area contributed by atoms with Crippen LogP contribution >= 0.6 is 0 Å². The average Bonchev–Trinajstić information content (AvgIpc) is 2.69. The standard InChI is InChI=1S/C16H32N2/c1-6-7-16(8-10-17-11-9-16)12-18-13-14(2,3)15(13,4)5/h13,17-18H,6-12H2,1-5H3. The van der Waals surface area contributed by atoms with Crippen molar-refractivity contribution in [1.82, 2.24) is 10.6 Å². The van der Waals surface area contributed by atoms with E-state index in [1.165, 1.54) is 45.3 Å². The van der Waals surface area contributed by atoms with Crippen LogP contribution in [0.2, 0.25) is 0 Å². The monoisotopic (exact) mass is 252 g/mol. The Morgan fingerprint density at radius 2 is 1.61 bits per heavy atom. The maximum atomic E-state index is 3.90. The smallest absolute Gasteiger partial charge is 0.0181 e. The van der Waals surface area contributed by atoms with Gasteiger partial charge in [-0.15, -0.1) is 0 Å². The van der Waals surface area contributed by atoms with Gasteiger partial charge in [-0.25, -0.2) is 0 Å². The molecule has 1 saturated heterocycles. The SMILES string of the molecule is CCCC1(CNC2C(C)(C)C2(C)C)CCNCC1. The van der Waals surface area contributed by atoms with Gasteiger partial charge in [0, 0.05) is 12.6 Å². The number of piperidine rings is 1. The Labute approximate surface area is 113 Å². The molecule has 0 spiro atoms. The third kappa shape index (κ3) is 2.34. The molecule has 0 atom stereocenters. The van der Waals surface area contributed by atoms with E-state index in [1.54, 1.807) is 0 Å². The zero-order valence-electron chi connectivity index (χ0n) is 13.0. The highest BCUT2D eigenvalue weighted by molar-refractivity contribution is 5.18. The molecule has 2 rings (SSSR count). The van der Waals surface area contributed by atoms with E-state index in [4.69, 9.17) is 0 Å². The first-order valence-electron chi connectivity index (χ1n) is 7.80. The molecule has 1 aliphatic carbocycles. The van der Waals surface area contributed by atoms with Crippen LogP contribution in [0.25, 0.3) is 0 Å². The molecular formula is C16H32N2. The van der Waals surface area contributed by atoms with Crippen molar-refractivity contribution >= 4 is 0 Å². The van der Waals surface area contributed by atoms with E-state index in [2.05, 4.69) is 45.3 Å². The van der Waals surface area contributed by atoms with Gasteiger partial charge in [0.1, 0.15) is 0 Å². The lowest BCUT2D eigenvalue weighted by atomic mass is 9.75. The normalized spacial score (nSPS) is 29.2. The Morgan fingerprint density at radius 3 is 2.06 bits per heavy atom. The molecule has 1 heterocycles.